The zero-order valence-corrected chi connectivity index (χ0v) is 16.7. The van der Waals surface area contributed by atoms with Crippen molar-refractivity contribution < 1.29 is 16.6 Å². The fraction of sp³-hybridized carbons (Fsp3) is 0.467. The molecule has 4 heteroatoms. The monoisotopic (exact) mass is 350 g/mol. The van der Waals surface area contributed by atoms with Gasteiger partial charge in [-0.3, -0.25) is 0 Å². The molecule has 0 spiro atoms. The van der Waals surface area contributed by atoms with Gasteiger partial charge in [0.1, 0.15) is 0 Å². The number of hydrogen-bond donors (Lipinski definition) is 0. The van der Waals surface area contributed by atoms with Gasteiger partial charge in [-0.05, 0) is 0 Å². The molecule has 0 aliphatic heterocycles. The molecule has 0 unspecified atom stereocenters. The van der Waals surface area contributed by atoms with E-state index in [4.69, 9.17) is 0 Å². The molecule has 0 saturated heterocycles. The third-order valence-electron chi connectivity index (χ3n) is 3.99. The van der Waals surface area contributed by atoms with Crippen LogP contribution in [0.4, 0.5) is 0 Å². The van der Waals surface area contributed by atoms with Crippen molar-refractivity contribution in [3.8, 4) is 0 Å². The fourth-order valence-corrected chi connectivity index (χ4v) is 14.9. The molecule has 0 aromatic rings. The molecule has 0 aromatic carbocycles. The van der Waals surface area contributed by atoms with Crippen molar-refractivity contribution in [3.05, 3.63) is 42.7 Å². The van der Waals surface area contributed by atoms with E-state index in [1.807, 2.05) is 7.76 Å². The molecule has 0 aromatic heterocycles. The summed E-state index contributed by atoms with van der Waals surface area (Å²) in [5, 5.41) is 0. The zero-order chi connectivity index (χ0) is 12.6. The minimum atomic E-state index is -1.12. The Labute approximate surface area is 136 Å². The maximum atomic E-state index is 2.53. The molecule has 19 heavy (non-hydrogen) atoms. The van der Waals surface area contributed by atoms with E-state index in [1.54, 1.807) is 16.7 Å². The first-order valence-electron chi connectivity index (χ1n) is 6.42. The molecule has 2 aliphatic carbocycles. The van der Waals surface area contributed by atoms with Crippen LogP contribution in [-0.4, -0.2) is 6.19 Å². The molecule has 2 rings (SSSR count). The van der Waals surface area contributed by atoms with Crippen LogP contribution in [0.1, 0.15) is 33.6 Å². The average molecular weight is 351 g/mol. The summed E-state index contributed by atoms with van der Waals surface area (Å²) in [5.74, 6) is 0. The van der Waals surface area contributed by atoms with Crippen molar-refractivity contribution in [1.82, 2.24) is 0 Å². The topological polar surface area (TPSA) is 0 Å². The van der Waals surface area contributed by atoms with Gasteiger partial charge in [0, 0.05) is 0 Å². The van der Waals surface area contributed by atoms with Crippen LogP contribution in [0.15, 0.2) is 42.7 Å². The van der Waals surface area contributed by atoms with Crippen LogP contribution in [0.5, 0.6) is 0 Å². The molecule has 0 amide bonds. The molecule has 2 aliphatic rings. The van der Waals surface area contributed by atoms with E-state index >= 15 is 0 Å². The Morgan fingerprint density at radius 1 is 1.05 bits per heavy atom. The summed E-state index contributed by atoms with van der Waals surface area (Å²) >= 11 is -1.12. The first-order chi connectivity index (χ1) is 8.02. The average Bonchev–Trinajstić information content (AvgIpc) is 2.85. The maximum absolute atomic E-state index is 2.53. The number of allylic oxidation sites excluding steroid dienone is 8. The summed E-state index contributed by atoms with van der Waals surface area (Å²) in [7, 11) is 0. The molecule has 0 saturated carbocycles. The van der Waals surface area contributed by atoms with Crippen molar-refractivity contribution in [3.63, 3.8) is 0 Å². The summed E-state index contributed by atoms with van der Waals surface area (Å²) in [4.78, 5) is 0. The molecule has 0 heterocycles. The van der Waals surface area contributed by atoms with Gasteiger partial charge in [-0.2, -0.15) is 0 Å². The number of halogens is 2. The first-order valence-corrected chi connectivity index (χ1v) is 12.8. The zero-order valence-electron chi connectivity index (χ0n) is 12.5. The maximum Gasteiger partial charge on any atom is -0.147 e. The number of rotatable bonds is 2. The van der Waals surface area contributed by atoms with Gasteiger partial charge < -0.3 is 0 Å². The first kappa shape index (κ1) is 19.5. The van der Waals surface area contributed by atoms with Gasteiger partial charge in [-0.25, -0.2) is 0 Å². The van der Waals surface area contributed by atoms with Crippen LogP contribution in [0.3, 0.4) is 0 Å². The standard InChI is InChI=1S/C8H11.C5H5.C2H6Si.2ClH.Ti/c1-6-4-5-7(2)8(6)3;1-2-4-5-3-1;1-3-2;;;/h4H2,1-3H3;1-3H,4H2;1-2H3;2*1H;. The predicted octanol–water partition coefficient (Wildman–Crippen LogP) is 5.56. The third kappa shape index (κ3) is 3.98. The van der Waals surface area contributed by atoms with Gasteiger partial charge in [-0.1, -0.05) is 0 Å². The molecule has 0 radical (unpaired) electrons. The molecule has 0 bridgehead atoms. The van der Waals surface area contributed by atoms with E-state index in [0.717, 1.165) is 0 Å². The Bertz CT molecular complexity index is 518. The quantitative estimate of drug-likeness (QED) is 0.572. The van der Waals surface area contributed by atoms with Gasteiger partial charge in [0.15, 0.2) is 0 Å². The summed E-state index contributed by atoms with van der Waals surface area (Å²) in [6.07, 6.45) is 9.43. The van der Waals surface area contributed by atoms with Crippen molar-refractivity contribution in [2.45, 2.75) is 46.7 Å². The van der Waals surface area contributed by atoms with Crippen LogP contribution in [0.25, 0.3) is 0 Å². The van der Waals surface area contributed by atoms with E-state index in [9.17, 15) is 0 Å². The van der Waals surface area contributed by atoms with Gasteiger partial charge in [-0.15, -0.1) is 24.8 Å². The van der Waals surface area contributed by atoms with Crippen molar-refractivity contribution >= 4 is 31.0 Å². The predicted molar refractivity (Wildman–Crippen MR) is 89.5 cm³/mol. The van der Waals surface area contributed by atoms with Crippen molar-refractivity contribution in [1.29, 1.82) is 0 Å². The van der Waals surface area contributed by atoms with Gasteiger partial charge >= 0.3 is 112 Å². The molecular weight excluding hydrogens is 327 g/mol. The van der Waals surface area contributed by atoms with Crippen LogP contribution < -0.4 is 0 Å². The van der Waals surface area contributed by atoms with E-state index in [0.29, 0.717) is 0 Å². The molecule has 0 nitrogen and oxygen atoms in total. The second-order valence-corrected chi connectivity index (χ2v) is 17.2. The molecule has 0 N–H and O–H groups in total. The van der Waals surface area contributed by atoms with E-state index in [-0.39, 0.29) is 31.0 Å². The summed E-state index contributed by atoms with van der Waals surface area (Å²) in [5.41, 5.74) is 4.86. The SMILES string of the molecule is CC1=C(C)C(C)=[C]([Ti]([C]2=CC=CC2)=[Si](C)C)C1.Cl.Cl. The normalized spacial score (nSPS) is 17.2. The van der Waals surface area contributed by atoms with Crippen LogP contribution >= 0.6 is 24.8 Å². The Morgan fingerprint density at radius 3 is 2.05 bits per heavy atom. The van der Waals surface area contributed by atoms with Crippen LogP contribution in [0, 0.1) is 0 Å². The summed E-state index contributed by atoms with van der Waals surface area (Å²) < 4.78 is 3.70. The van der Waals surface area contributed by atoms with Crippen LogP contribution in [0.2, 0.25) is 13.1 Å². The van der Waals surface area contributed by atoms with E-state index < -0.39 is 16.6 Å². The van der Waals surface area contributed by atoms with E-state index in [1.165, 1.54) is 12.8 Å². The Kier molecular flexibility index (Phi) is 8.25. The smallest absolute Gasteiger partial charge is 0.147 e. The summed E-state index contributed by atoms with van der Waals surface area (Å²) in [6.45, 7) is 12.1. The van der Waals surface area contributed by atoms with Gasteiger partial charge in [0.05, 0.1) is 0 Å². The van der Waals surface area contributed by atoms with E-state index in [2.05, 4.69) is 52.1 Å². The molecule has 0 fully saturated rings. The molecule has 0 atom stereocenters. The van der Waals surface area contributed by atoms with Crippen molar-refractivity contribution in [2.75, 3.05) is 0 Å². The minimum Gasteiger partial charge on any atom is -0.147 e. The number of hydrogen-bond acceptors (Lipinski definition) is 0. The second kappa shape index (κ2) is 8.05. The van der Waals surface area contributed by atoms with Gasteiger partial charge in [0.2, 0.25) is 0 Å². The third-order valence-corrected chi connectivity index (χ3v) is 15.6. The van der Waals surface area contributed by atoms with Crippen molar-refractivity contribution in [2.24, 2.45) is 0 Å². The Balaban J connectivity index is 0.00000162. The Morgan fingerprint density at radius 2 is 1.68 bits per heavy atom. The summed E-state index contributed by atoms with van der Waals surface area (Å²) in [6, 6.07) is 0. The van der Waals surface area contributed by atoms with Gasteiger partial charge in [0.25, 0.3) is 0 Å². The largest absolute Gasteiger partial charge is 0.147 e. The Hall–Kier alpha value is 0.471. The fourth-order valence-electron chi connectivity index (χ4n) is 2.80. The van der Waals surface area contributed by atoms with Crippen LogP contribution in [-0.2, 0) is 16.6 Å². The molecular formula is C15H24Cl2SiTi. The molecule has 106 valence electrons. The second-order valence-electron chi connectivity index (χ2n) is 5.38. The minimum absolute atomic E-state index is 0.